The molecule has 3 aromatic rings. The minimum absolute atomic E-state index is 0.0331. The van der Waals surface area contributed by atoms with E-state index >= 15 is 0 Å². The fourth-order valence-electron chi connectivity index (χ4n) is 2.97. The first-order chi connectivity index (χ1) is 14.1. The van der Waals surface area contributed by atoms with Crippen molar-refractivity contribution >= 4 is 40.0 Å². The van der Waals surface area contributed by atoms with Gasteiger partial charge in [-0.05, 0) is 30.3 Å². The number of aliphatic hydroxyl groups is 1. The molecule has 3 N–H and O–H groups in total. The summed E-state index contributed by atoms with van der Waals surface area (Å²) in [7, 11) is 0. The highest BCUT2D eigenvalue weighted by molar-refractivity contribution is 7.91. The number of aliphatic hydroxyl groups excluding tert-OH is 1. The first-order valence-corrected chi connectivity index (χ1v) is 10.8. The second-order valence-corrected chi connectivity index (χ2v) is 8.92. The van der Waals surface area contributed by atoms with Gasteiger partial charge in [0.05, 0.1) is 22.8 Å². The Bertz CT molecular complexity index is 1080. The van der Waals surface area contributed by atoms with Crippen LogP contribution in [0, 0.1) is 0 Å². The highest BCUT2D eigenvalue weighted by Crippen LogP contribution is 2.34. The number of benzene rings is 2. The number of carbonyl (C=O) groups excluding carboxylic acids is 2. The lowest BCUT2D eigenvalue weighted by atomic mass is 10.1. The van der Waals surface area contributed by atoms with E-state index < -0.39 is 11.2 Å². The monoisotopic (exact) mass is 427 g/mol. The molecule has 0 fully saturated rings. The molecule has 9 heteroatoms. The van der Waals surface area contributed by atoms with Crippen LogP contribution < -0.4 is 10.6 Å². The Kier molecular flexibility index (Phi) is 5.63. The molecular formula is C20H17N3O4S2. The number of carbonyl (C=O) groups is 2. The Morgan fingerprint density at radius 1 is 1.24 bits per heavy atom. The SMILES string of the molecule is O=C(NCc1cnc(CCO)s1)c1ccc2c(c1)NC(=O)c1ccccc1[S+]2[O-]. The maximum absolute atomic E-state index is 12.9. The van der Waals surface area contributed by atoms with Crippen LogP contribution in [0.4, 0.5) is 5.69 Å². The number of aromatic nitrogens is 1. The Labute approximate surface area is 174 Å². The summed E-state index contributed by atoms with van der Waals surface area (Å²) in [6.07, 6.45) is 2.16. The number of fused-ring (bicyclic) bond motifs is 2. The number of nitrogens with one attached hydrogen (secondary N) is 2. The maximum atomic E-state index is 12.9. The fraction of sp³-hybridized carbons (Fsp3) is 0.150. The lowest BCUT2D eigenvalue weighted by Crippen LogP contribution is -2.22. The normalized spacial score (nSPS) is 15.1. The van der Waals surface area contributed by atoms with E-state index in [0.29, 0.717) is 39.6 Å². The van der Waals surface area contributed by atoms with E-state index in [9.17, 15) is 14.1 Å². The van der Waals surface area contributed by atoms with Crippen LogP contribution in [0.3, 0.4) is 0 Å². The maximum Gasteiger partial charge on any atom is 0.260 e. The Hall–Kier alpha value is -2.72. The zero-order chi connectivity index (χ0) is 20.4. The molecule has 0 spiro atoms. The van der Waals surface area contributed by atoms with Gasteiger partial charge in [0.2, 0.25) is 0 Å². The summed E-state index contributed by atoms with van der Waals surface area (Å²) in [5.41, 5.74) is 1.07. The molecule has 2 aromatic carbocycles. The summed E-state index contributed by atoms with van der Waals surface area (Å²) in [6.45, 7) is 0.341. The van der Waals surface area contributed by atoms with E-state index in [1.54, 1.807) is 42.6 Å². The molecule has 29 heavy (non-hydrogen) atoms. The number of thiazole rings is 1. The van der Waals surface area contributed by atoms with Crippen LogP contribution in [0.5, 0.6) is 0 Å². The number of amides is 2. The van der Waals surface area contributed by atoms with E-state index in [0.717, 1.165) is 9.88 Å². The van der Waals surface area contributed by atoms with Crippen LogP contribution in [-0.2, 0) is 24.1 Å². The summed E-state index contributed by atoms with van der Waals surface area (Å²) in [6, 6.07) is 11.5. The summed E-state index contributed by atoms with van der Waals surface area (Å²) in [4.78, 5) is 31.0. The lowest BCUT2D eigenvalue weighted by molar-refractivity contribution is 0.0949. The van der Waals surface area contributed by atoms with Crippen LogP contribution >= 0.6 is 11.3 Å². The summed E-state index contributed by atoms with van der Waals surface area (Å²) in [5.74, 6) is -0.668. The molecule has 7 nitrogen and oxygen atoms in total. The number of rotatable bonds is 5. The molecule has 1 atom stereocenters. The van der Waals surface area contributed by atoms with Crippen LogP contribution in [0.25, 0.3) is 0 Å². The zero-order valence-electron chi connectivity index (χ0n) is 15.2. The second-order valence-electron chi connectivity index (χ2n) is 6.31. The number of nitrogens with zero attached hydrogens (tertiary/aromatic N) is 1. The van der Waals surface area contributed by atoms with Crippen molar-refractivity contribution in [1.82, 2.24) is 10.3 Å². The first-order valence-electron chi connectivity index (χ1n) is 8.85. The molecule has 2 amide bonds. The summed E-state index contributed by atoms with van der Waals surface area (Å²) < 4.78 is 12.9. The zero-order valence-corrected chi connectivity index (χ0v) is 16.8. The molecule has 0 saturated carbocycles. The van der Waals surface area contributed by atoms with Crippen LogP contribution in [0.1, 0.15) is 30.6 Å². The van der Waals surface area contributed by atoms with Gasteiger partial charge in [-0.15, -0.1) is 11.3 Å². The average Bonchev–Trinajstić information content (AvgIpc) is 3.15. The van der Waals surface area contributed by atoms with E-state index in [2.05, 4.69) is 15.6 Å². The molecule has 4 rings (SSSR count). The van der Waals surface area contributed by atoms with E-state index in [1.165, 1.54) is 17.4 Å². The topological polar surface area (TPSA) is 114 Å². The number of hydrogen-bond acceptors (Lipinski definition) is 6. The van der Waals surface area contributed by atoms with Gasteiger partial charge in [-0.25, -0.2) is 4.98 Å². The van der Waals surface area contributed by atoms with Crippen molar-refractivity contribution in [3.63, 3.8) is 0 Å². The molecule has 1 aliphatic heterocycles. The summed E-state index contributed by atoms with van der Waals surface area (Å²) >= 11 is -0.0938. The van der Waals surface area contributed by atoms with E-state index in [1.807, 2.05) is 0 Å². The van der Waals surface area contributed by atoms with Crippen molar-refractivity contribution in [2.75, 3.05) is 11.9 Å². The lowest BCUT2D eigenvalue weighted by Gasteiger charge is -2.12. The van der Waals surface area contributed by atoms with Crippen molar-refractivity contribution in [3.05, 3.63) is 69.7 Å². The Balaban J connectivity index is 1.53. The fourth-order valence-corrected chi connectivity index (χ4v) is 5.12. The molecule has 0 saturated heterocycles. The van der Waals surface area contributed by atoms with Gasteiger partial charge in [0.1, 0.15) is 0 Å². The van der Waals surface area contributed by atoms with E-state index in [-0.39, 0.29) is 18.4 Å². The van der Waals surface area contributed by atoms with Gasteiger partial charge in [0, 0.05) is 40.8 Å². The summed E-state index contributed by atoms with van der Waals surface area (Å²) in [5, 5.41) is 15.3. The van der Waals surface area contributed by atoms with Gasteiger partial charge >= 0.3 is 0 Å². The molecule has 0 aliphatic carbocycles. The third kappa shape index (κ3) is 4.03. The van der Waals surface area contributed by atoms with Crippen molar-refractivity contribution < 1.29 is 19.2 Å². The minimum Gasteiger partial charge on any atom is -0.606 e. The van der Waals surface area contributed by atoms with Gasteiger partial charge in [0.15, 0.2) is 9.79 Å². The molecule has 1 aliphatic rings. The number of hydrogen-bond donors (Lipinski definition) is 3. The van der Waals surface area contributed by atoms with Crippen molar-refractivity contribution in [2.24, 2.45) is 0 Å². The molecule has 148 valence electrons. The second kappa shape index (κ2) is 8.34. The predicted molar refractivity (Wildman–Crippen MR) is 110 cm³/mol. The molecule has 0 bridgehead atoms. The average molecular weight is 428 g/mol. The molecular weight excluding hydrogens is 410 g/mol. The van der Waals surface area contributed by atoms with Crippen molar-refractivity contribution in [1.29, 1.82) is 0 Å². The Morgan fingerprint density at radius 2 is 2.07 bits per heavy atom. The third-order valence-corrected chi connectivity index (χ3v) is 6.94. The Morgan fingerprint density at radius 3 is 2.90 bits per heavy atom. The van der Waals surface area contributed by atoms with Crippen LogP contribution in [0.2, 0.25) is 0 Å². The quantitative estimate of drug-likeness (QED) is 0.541. The molecule has 1 unspecified atom stereocenters. The smallest absolute Gasteiger partial charge is 0.260 e. The molecule has 0 radical (unpaired) electrons. The van der Waals surface area contributed by atoms with Gasteiger partial charge in [0.25, 0.3) is 11.8 Å². The third-order valence-electron chi connectivity index (χ3n) is 4.37. The van der Waals surface area contributed by atoms with Gasteiger partial charge in [-0.3, -0.25) is 9.59 Å². The first kappa shape index (κ1) is 19.6. The van der Waals surface area contributed by atoms with Gasteiger partial charge < -0.3 is 20.3 Å². The minimum atomic E-state index is -1.52. The molecule has 2 heterocycles. The number of anilines is 1. The van der Waals surface area contributed by atoms with Crippen LogP contribution in [0.15, 0.2) is 58.5 Å². The highest BCUT2D eigenvalue weighted by Gasteiger charge is 2.30. The predicted octanol–water partition coefficient (Wildman–Crippen LogP) is 2.34. The van der Waals surface area contributed by atoms with Crippen molar-refractivity contribution in [3.8, 4) is 0 Å². The van der Waals surface area contributed by atoms with E-state index in [4.69, 9.17) is 5.11 Å². The largest absolute Gasteiger partial charge is 0.606 e. The highest BCUT2D eigenvalue weighted by atomic mass is 32.2. The van der Waals surface area contributed by atoms with Crippen LogP contribution in [-0.4, -0.2) is 33.1 Å². The standard InChI is InChI=1S/C20H17N3O4S2/c24-8-7-18-21-10-13(28-18)11-22-19(25)12-5-6-17-15(9-12)23-20(26)14-3-1-2-4-16(14)29(17)27/h1-6,9-10,24H,7-8,11H2,(H,22,25)(H,23,26). The van der Waals surface area contributed by atoms with Crippen molar-refractivity contribution in [2.45, 2.75) is 22.8 Å². The molecule has 1 aromatic heterocycles. The van der Waals surface area contributed by atoms with Gasteiger partial charge in [-0.2, -0.15) is 0 Å². The van der Waals surface area contributed by atoms with Gasteiger partial charge in [-0.1, -0.05) is 12.1 Å².